The second kappa shape index (κ2) is 5.43. The highest BCUT2D eigenvalue weighted by molar-refractivity contribution is 6.04. The van der Waals surface area contributed by atoms with Gasteiger partial charge in [-0.2, -0.15) is 0 Å². The summed E-state index contributed by atoms with van der Waals surface area (Å²) >= 11 is 0. The molecule has 3 rings (SSSR count). The molecule has 1 heterocycles. The van der Waals surface area contributed by atoms with Crippen molar-refractivity contribution in [1.82, 2.24) is 0 Å². The molecule has 0 fully saturated rings. The van der Waals surface area contributed by atoms with Crippen LogP contribution in [0.4, 0.5) is 0 Å². The second-order valence-electron chi connectivity index (χ2n) is 4.88. The van der Waals surface area contributed by atoms with E-state index in [1.54, 1.807) is 13.2 Å². The minimum absolute atomic E-state index is 0.335. The van der Waals surface area contributed by atoms with Gasteiger partial charge in [-0.25, -0.2) is 4.79 Å². The SMILES string of the molecule is COCC#Cc1ccc2c(c1)c(=O)oc1cc(C)ccc12. The van der Waals surface area contributed by atoms with E-state index in [1.807, 2.05) is 37.3 Å². The van der Waals surface area contributed by atoms with Gasteiger partial charge in [0.1, 0.15) is 12.2 Å². The Balaban J connectivity index is 2.26. The first-order valence-corrected chi connectivity index (χ1v) is 6.64. The smallest absolute Gasteiger partial charge is 0.344 e. The molecule has 104 valence electrons. The van der Waals surface area contributed by atoms with Crippen molar-refractivity contribution in [2.75, 3.05) is 13.7 Å². The van der Waals surface area contributed by atoms with Crippen LogP contribution in [-0.2, 0) is 4.74 Å². The van der Waals surface area contributed by atoms with Crippen molar-refractivity contribution in [2.45, 2.75) is 6.92 Å². The molecule has 0 amide bonds. The second-order valence-corrected chi connectivity index (χ2v) is 4.88. The highest BCUT2D eigenvalue weighted by atomic mass is 16.5. The molecule has 0 radical (unpaired) electrons. The van der Waals surface area contributed by atoms with Gasteiger partial charge in [-0.15, -0.1) is 0 Å². The third-order valence-corrected chi connectivity index (χ3v) is 3.32. The fourth-order valence-electron chi connectivity index (χ4n) is 2.33. The quantitative estimate of drug-likeness (QED) is 0.389. The van der Waals surface area contributed by atoms with Crippen molar-refractivity contribution in [3.8, 4) is 11.8 Å². The Morgan fingerprint density at radius 2 is 1.90 bits per heavy atom. The molecule has 0 aliphatic heterocycles. The van der Waals surface area contributed by atoms with Crippen LogP contribution in [-0.4, -0.2) is 13.7 Å². The van der Waals surface area contributed by atoms with E-state index in [-0.39, 0.29) is 5.63 Å². The molecule has 3 heteroatoms. The lowest BCUT2D eigenvalue weighted by Crippen LogP contribution is -2.00. The van der Waals surface area contributed by atoms with Crippen LogP contribution in [0.25, 0.3) is 21.7 Å². The summed E-state index contributed by atoms with van der Waals surface area (Å²) in [5.74, 6) is 5.84. The molecule has 0 saturated heterocycles. The van der Waals surface area contributed by atoms with Gasteiger partial charge < -0.3 is 9.15 Å². The first-order valence-electron chi connectivity index (χ1n) is 6.64. The average Bonchev–Trinajstić information content (AvgIpc) is 2.47. The third kappa shape index (κ3) is 2.54. The number of aryl methyl sites for hydroxylation is 1. The summed E-state index contributed by atoms with van der Waals surface area (Å²) < 4.78 is 10.3. The van der Waals surface area contributed by atoms with E-state index in [0.717, 1.165) is 21.9 Å². The topological polar surface area (TPSA) is 39.4 Å². The van der Waals surface area contributed by atoms with Gasteiger partial charge in [0, 0.05) is 23.4 Å². The maximum Gasteiger partial charge on any atom is 0.344 e. The van der Waals surface area contributed by atoms with Crippen LogP contribution < -0.4 is 5.63 Å². The average molecular weight is 278 g/mol. The molecule has 21 heavy (non-hydrogen) atoms. The highest BCUT2D eigenvalue weighted by Gasteiger charge is 2.07. The van der Waals surface area contributed by atoms with Gasteiger partial charge in [-0.3, -0.25) is 0 Å². The predicted molar refractivity (Wildman–Crippen MR) is 83.5 cm³/mol. The Hall–Kier alpha value is -2.57. The van der Waals surface area contributed by atoms with E-state index in [0.29, 0.717) is 17.6 Å². The van der Waals surface area contributed by atoms with Gasteiger partial charge in [0.2, 0.25) is 0 Å². The molecule has 2 aromatic carbocycles. The molecule has 0 atom stereocenters. The number of fused-ring (bicyclic) bond motifs is 3. The molecule has 0 aliphatic carbocycles. The van der Waals surface area contributed by atoms with Crippen LogP contribution in [0.1, 0.15) is 11.1 Å². The van der Waals surface area contributed by atoms with Gasteiger partial charge in [-0.1, -0.05) is 30.0 Å². The normalized spacial score (nSPS) is 10.6. The number of methoxy groups -OCH3 is 1. The summed E-state index contributed by atoms with van der Waals surface area (Å²) in [6.45, 7) is 2.34. The number of benzene rings is 2. The van der Waals surface area contributed by atoms with Crippen molar-refractivity contribution >= 4 is 21.7 Å². The highest BCUT2D eigenvalue weighted by Crippen LogP contribution is 2.24. The first kappa shape index (κ1) is 13.4. The summed E-state index contributed by atoms with van der Waals surface area (Å²) in [5, 5.41) is 2.38. The van der Waals surface area contributed by atoms with Crippen molar-refractivity contribution in [2.24, 2.45) is 0 Å². The minimum atomic E-state index is -0.335. The monoisotopic (exact) mass is 278 g/mol. The Bertz CT molecular complexity index is 939. The predicted octanol–water partition coefficient (Wildman–Crippen LogP) is 3.25. The third-order valence-electron chi connectivity index (χ3n) is 3.32. The Morgan fingerprint density at radius 3 is 2.71 bits per heavy atom. The van der Waals surface area contributed by atoms with Crippen molar-refractivity contribution < 1.29 is 9.15 Å². The van der Waals surface area contributed by atoms with Gasteiger partial charge in [-0.05, 0) is 30.7 Å². The Labute approximate surface area is 122 Å². The van der Waals surface area contributed by atoms with E-state index in [4.69, 9.17) is 9.15 Å². The zero-order chi connectivity index (χ0) is 14.8. The molecule has 0 N–H and O–H groups in total. The zero-order valence-corrected chi connectivity index (χ0v) is 11.9. The van der Waals surface area contributed by atoms with Crippen molar-refractivity contribution in [3.63, 3.8) is 0 Å². The summed E-state index contributed by atoms with van der Waals surface area (Å²) in [7, 11) is 1.60. The molecule has 0 unspecified atom stereocenters. The van der Waals surface area contributed by atoms with Crippen LogP contribution >= 0.6 is 0 Å². The van der Waals surface area contributed by atoms with Crippen LogP contribution in [0, 0.1) is 18.8 Å². The fraction of sp³-hybridized carbons (Fsp3) is 0.167. The number of hydrogen-bond donors (Lipinski definition) is 0. The molecule has 0 aliphatic rings. The standard InChI is InChI=1S/C18H14O3/c1-12-5-7-15-14-8-6-13(4-3-9-20-2)11-16(14)18(19)21-17(15)10-12/h5-8,10-11H,9H2,1-2H3. The van der Waals surface area contributed by atoms with E-state index in [2.05, 4.69) is 11.8 Å². The number of hydrogen-bond acceptors (Lipinski definition) is 3. The molecule has 1 aromatic heterocycles. The maximum atomic E-state index is 12.1. The lowest BCUT2D eigenvalue weighted by Gasteiger charge is -2.03. The van der Waals surface area contributed by atoms with Crippen molar-refractivity contribution in [1.29, 1.82) is 0 Å². The lowest BCUT2D eigenvalue weighted by atomic mass is 10.0. The number of ether oxygens (including phenoxy) is 1. The van der Waals surface area contributed by atoms with Gasteiger partial charge in [0.15, 0.2) is 0 Å². The summed E-state index contributed by atoms with van der Waals surface area (Å²) in [6.07, 6.45) is 0. The molecule has 3 nitrogen and oxygen atoms in total. The van der Waals surface area contributed by atoms with E-state index in [9.17, 15) is 4.79 Å². The Morgan fingerprint density at radius 1 is 1.10 bits per heavy atom. The van der Waals surface area contributed by atoms with Crippen LogP contribution in [0.3, 0.4) is 0 Å². The molecular weight excluding hydrogens is 264 g/mol. The van der Waals surface area contributed by atoms with E-state index < -0.39 is 0 Å². The van der Waals surface area contributed by atoms with Crippen LogP contribution in [0.15, 0.2) is 45.6 Å². The van der Waals surface area contributed by atoms with E-state index in [1.165, 1.54) is 0 Å². The fourth-order valence-corrected chi connectivity index (χ4v) is 2.33. The largest absolute Gasteiger partial charge is 0.422 e. The van der Waals surface area contributed by atoms with Crippen LogP contribution in [0.2, 0.25) is 0 Å². The van der Waals surface area contributed by atoms with Gasteiger partial charge >= 0.3 is 5.63 Å². The first-order chi connectivity index (χ1) is 10.2. The van der Waals surface area contributed by atoms with Gasteiger partial charge in [0.05, 0.1) is 5.39 Å². The summed E-state index contributed by atoms with van der Waals surface area (Å²) in [4.78, 5) is 12.1. The van der Waals surface area contributed by atoms with Crippen LogP contribution in [0.5, 0.6) is 0 Å². The summed E-state index contributed by atoms with van der Waals surface area (Å²) in [6, 6.07) is 11.5. The summed E-state index contributed by atoms with van der Waals surface area (Å²) in [5.41, 5.74) is 2.12. The molecule has 0 bridgehead atoms. The van der Waals surface area contributed by atoms with E-state index >= 15 is 0 Å². The molecule has 0 spiro atoms. The van der Waals surface area contributed by atoms with Crippen molar-refractivity contribution in [3.05, 3.63) is 57.9 Å². The lowest BCUT2D eigenvalue weighted by molar-refractivity contribution is 0.240. The molecular formula is C18H14O3. The Kier molecular flexibility index (Phi) is 3.47. The minimum Gasteiger partial charge on any atom is -0.422 e. The number of rotatable bonds is 1. The molecule has 0 saturated carbocycles. The zero-order valence-electron chi connectivity index (χ0n) is 11.9. The molecule has 3 aromatic rings. The maximum absolute atomic E-state index is 12.1. The van der Waals surface area contributed by atoms with Gasteiger partial charge in [0.25, 0.3) is 0 Å².